The average Bonchev–Trinajstić information content (AvgIpc) is 2.53. The van der Waals surface area contributed by atoms with Crippen molar-refractivity contribution in [2.75, 3.05) is 14.2 Å². The first-order valence-electron chi connectivity index (χ1n) is 6.97. The maximum atomic E-state index is 13.2. The van der Waals surface area contributed by atoms with Crippen LogP contribution in [0.4, 0.5) is 4.39 Å². The van der Waals surface area contributed by atoms with Crippen LogP contribution in [-0.2, 0) is 9.47 Å². The van der Waals surface area contributed by atoms with Crippen LogP contribution in [0.15, 0.2) is 30.3 Å². The number of esters is 2. The Kier molecular flexibility index (Phi) is 4.79. The number of ether oxygens (including phenoxy) is 2. The predicted molar refractivity (Wildman–Crippen MR) is 84.0 cm³/mol. The van der Waals surface area contributed by atoms with Gasteiger partial charge in [0.15, 0.2) is 0 Å². The minimum Gasteiger partial charge on any atom is -0.465 e. The molecule has 4 nitrogen and oxygen atoms in total. The zero-order valence-electron chi connectivity index (χ0n) is 13.4. The van der Waals surface area contributed by atoms with Crippen molar-refractivity contribution in [1.29, 1.82) is 0 Å². The van der Waals surface area contributed by atoms with Gasteiger partial charge in [-0.25, -0.2) is 14.0 Å². The molecule has 0 bridgehead atoms. The Morgan fingerprint density at radius 1 is 0.870 bits per heavy atom. The molecule has 5 heteroatoms. The molecule has 23 heavy (non-hydrogen) atoms. The third-order valence-corrected chi connectivity index (χ3v) is 3.63. The number of carbonyl (C=O) groups is 2. The van der Waals surface area contributed by atoms with E-state index in [0.717, 1.165) is 0 Å². The molecule has 2 rings (SSSR count). The van der Waals surface area contributed by atoms with E-state index in [-0.39, 0.29) is 11.1 Å². The summed E-state index contributed by atoms with van der Waals surface area (Å²) in [6.45, 7) is 3.51. The molecule has 0 aromatic heterocycles. The number of hydrogen-bond acceptors (Lipinski definition) is 4. The van der Waals surface area contributed by atoms with Crippen molar-refractivity contribution in [3.05, 3.63) is 58.4 Å². The molecule has 0 saturated heterocycles. The molecule has 0 amide bonds. The van der Waals surface area contributed by atoms with E-state index in [0.29, 0.717) is 22.3 Å². The second-order valence-electron chi connectivity index (χ2n) is 5.13. The maximum Gasteiger partial charge on any atom is 0.338 e. The van der Waals surface area contributed by atoms with Gasteiger partial charge < -0.3 is 9.47 Å². The van der Waals surface area contributed by atoms with Crippen LogP contribution in [0.5, 0.6) is 0 Å². The number of rotatable bonds is 3. The topological polar surface area (TPSA) is 52.6 Å². The molecule has 0 atom stereocenters. The van der Waals surface area contributed by atoms with Crippen molar-refractivity contribution in [3.8, 4) is 11.1 Å². The molecule has 0 aliphatic rings. The second-order valence-corrected chi connectivity index (χ2v) is 5.13. The Labute approximate surface area is 133 Å². The second kappa shape index (κ2) is 6.60. The number of carbonyl (C=O) groups excluding carboxylic acids is 2. The van der Waals surface area contributed by atoms with Gasteiger partial charge in [0.2, 0.25) is 0 Å². The third-order valence-electron chi connectivity index (χ3n) is 3.63. The summed E-state index contributed by atoms with van der Waals surface area (Å²) < 4.78 is 22.9. The molecule has 0 saturated carbocycles. The fourth-order valence-corrected chi connectivity index (χ4v) is 2.62. The zero-order chi connectivity index (χ0) is 17.1. The normalized spacial score (nSPS) is 10.3. The molecule has 0 unspecified atom stereocenters. The molecule has 0 aliphatic heterocycles. The van der Waals surface area contributed by atoms with Crippen molar-refractivity contribution in [3.63, 3.8) is 0 Å². The summed E-state index contributed by atoms with van der Waals surface area (Å²) >= 11 is 0. The van der Waals surface area contributed by atoms with Crippen molar-refractivity contribution in [2.45, 2.75) is 13.8 Å². The summed E-state index contributed by atoms with van der Waals surface area (Å²) in [5.41, 5.74) is 2.80. The first-order valence-corrected chi connectivity index (χ1v) is 6.97. The molecule has 0 radical (unpaired) electrons. The highest BCUT2D eigenvalue weighted by Crippen LogP contribution is 2.33. The number of hydrogen-bond donors (Lipinski definition) is 0. The van der Waals surface area contributed by atoms with Crippen LogP contribution in [0.3, 0.4) is 0 Å². The standard InChI is InChI=1S/C18H17FO4/c1-10-9-11(2)15(18(21)23-4)16(14(10)17(20)22-3)12-5-7-13(19)8-6-12/h5-9H,1-4H3. The Morgan fingerprint density at radius 3 is 1.70 bits per heavy atom. The molecule has 2 aromatic carbocycles. The van der Waals surface area contributed by atoms with Crippen molar-refractivity contribution in [2.24, 2.45) is 0 Å². The Bertz CT molecular complexity index is 723. The Balaban J connectivity index is 2.90. The van der Waals surface area contributed by atoms with E-state index in [9.17, 15) is 14.0 Å². The summed E-state index contributed by atoms with van der Waals surface area (Å²) in [6, 6.07) is 7.31. The van der Waals surface area contributed by atoms with Crippen LogP contribution in [0.2, 0.25) is 0 Å². The van der Waals surface area contributed by atoms with E-state index < -0.39 is 17.8 Å². The van der Waals surface area contributed by atoms with Gasteiger partial charge in [-0.05, 0) is 42.7 Å². The molecular formula is C18H17FO4. The number of benzene rings is 2. The van der Waals surface area contributed by atoms with Gasteiger partial charge in [-0.3, -0.25) is 0 Å². The molecule has 120 valence electrons. The molecule has 2 aromatic rings. The van der Waals surface area contributed by atoms with Crippen LogP contribution in [0, 0.1) is 19.7 Å². The van der Waals surface area contributed by atoms with E-state index in [1.165, 1.54) is 38.5 Å². The molecule has 0 aliphatic carbocycles. The summed E-state index contributed by atoms with van der Waals surface area (Å²) in [7, 11) is 2.54. The summed E-state index contributed by atoms with van der Waals surface area (Å²) in [5.74, 6) is -1.53. The lowest BCUT2D eigenvalue weighted by atomic mass is 9.88. The number of methoxy groups -OCH3 is 2. The number of halogens is 1. The summed E-state index contributed by atoms with van der Waals surface area (Å²) in [5, 5.41) is 0. The van der Waals surface area contributed by atoms with Gasteiger partial charge >= 0.3 is 11.9 Å². The van der Waals surface area contributed by atoms with Gasteiger partial charge in [0, 0.05) is 5.56 Å². The molecular weight excluding hydrogens is 299 g/mol. The van der Waals surface area contributed by atoms with Crippen LogP contribution < -0.4 is 0 Å². The van der Waals surface area contributed by atoms with E-state index in [1.54, 1.807) is 19.9 Å². The first kappa shape index (κ1) is 16.7. The van der Waals surface area contributed by atoms with Gasteiger partial charge in [-0.2, -0.15) is 0 Å². The summed E-state index contributed by atoms with van der Waals surface area (Å²) in [4.78, 5) is 24.4. The van der Waals surface area contributed by atoms with E-state index >= 15 is 0 Å². The highest BCUT2D eigenvalue weighted by Gasteiger charge is 2.25. The van der Waals surface area contributed by atoms with Gasteiger partial charge in [0.25, 0.3) is 0 Å². The largest absolute Gasteiger partial charge is 0.465 e. The predicted octanol–water partition coefficient (Wildman–Crippen LogP) is 3.68. The van der Waals surface area contributed by atoms with E-state index in [2.05, 4.69) is 0 Å². The van der Waals surface area contributed by atoms with Crippen LogP contribution in [0.1, 0.15) is 31.8 Å². The highest BCUT2D eigenvalue weighted by atomic mass is 19.1. The molecule has 0 heterocycles. The fraction of sp³-hybridized carbons (Fsp3) is 0.222. The van der Waals surface area contributed by atoms with Crippen LogP contribution in [-0.4, -0.2) is 26.2 Å². The lowest BCUT2D eigenvalue weighted by molar-refractivity contribution is 0.0600. The minimum absolute atomic E-state index is 0.269. The van der Waals surface area contributed by atoms with Crippen molar-refractivity contribution >= 4 is 11.9 Å². The van der Waals surface area contributed by atoms with Crippen LogP contribution >= 0.6 is 0 Å². The first-order chi connectivity index (χ1) is 10.9. The summed E-state index contributed by atoms with van der Waals surface area (Å²) in [6.07, 6.45) is 0. The van der Waals surface area contributed by atoms with E-state index in [4.69, 9.17) is 9.47 Å². The molecule has 0 spiro atoms. The SMILES string of the molecule is COC(=O)c1c(C)cc(C)c(C(=O)OC)c1-c1ccc(F)cc1. The lowest BCUT2D eigenvalue weighted by Crippen LogP contribution is -2.14. The van der Waals surface area contributed by atoms with Gasteiger partial charge in [0.1, 0.15) is 5.82 Å². The Morgan fingerprint density at radius 2 is 1.30 bits per heavy atom. The Hall–Kier alpha value is -2.69. The van der Waals surface area contributed by atoms with E-state index in [1.807, 2.05) is 0 Å². The molecule has 0 fully saturated rings. The number of aryl methyl sites for hydroxylation is 2. The maximum absolute atomic E-state index is 13.2. The fourth-order valence-electron chi connectivity index (χ4n) is 2.62. The van der Waals surface area contributed by atoms with Gasteiger partial charge in [-0.15, -0.1) is 0 Å². The third kappa shape index (κ3) is 3.08. The van der Waals surface area contributed by atoms with Gasteiger partial charge in [-0.1, -0.05) is 18.2 Å². The lowest BCUT2D eigenvalue weighted by Gasteiger charge is -2.17. The van der Waals surface area contributed by atoms with Gasteiger partial charge in [0.05, 0.1) is 25.3 Å². The smallest absolute Gasteiger partial charge is 0.338 e. The highest BCUT2D eigenvalue weighted by molar-refractivity contribution is 6.07. The van der Waals surface area contributed by atoms with Crippen molar-refractivity contribution < 1.29 is 23.5 Å². The minimum atomic E-state index is -0.563. The monoisotopic (exact) mass is 316 g/mol. The van der Waals surface area contributed by atoms with Crippen molar-refractivity contribution in [1.82, 2.24) is 0 Å². The quantitative estimate of drug-likeness (QED) is 0.811. The average molecular weight is 316 g/mol. The zero-order valence-corrected chi connectivity index (χ0v) is 13.4. The molecule has 0 N–H and O–H groups in total. The van der Waals surface area contributed by atoms with Crippen LogP contribution in [0.25, 0.3) is 11.1 Å².